The molecule has 3 rings (SSSR count). The molecule has 0 saturated heterocycles. The Hall–Kier alpha value is -1.54. The molecule has 0 bridgehead atoms. The minimum absolute atomic E-state index is 0.224. The van der Waals surface area contributed by atoms with Crippen LogP contribution in [-0.2, 0) is 19.4 Å². The lowest BCUT2D eigenvalue weighted by Crippen LogP contribution is -2.02. The van der Waals surface area contributed by atoms with E-state index in [1.807, 2.05) is 0 Å². The van der Waals surface area contributed by atoms with Gasteiger partial charge in [0.25, 0.3) is 0 Å². The number of aryl methyl sites for hydroxylation is 2. The maximum absolute atomic E-state index is 13.6. The van der Waals surface area contributed by atoms with Crippen molar-refractivity contribution in [2.75, 3.05) is 5.32 Å². The summed E-state index contributed by atoms with van der Waals surface area (Å²) in [5.41, 5.74) is 4.49. The highest BCUT2D eigenvalue weighted by Crippen LogP contribution is 2.25. The third-order valence-corrected chi connectivity index (χ3v) is 3.82. The molecule has 0 amide bonds. The first-order valence-corrected chi connectivity index (χ1v) is 6.90. The Labute approximate surface area is 117 Å². The van der Waals surface area contributed by atoms with Crippen molar-refractivity contribution >= 4 is 17.3 Å². The molecule has 98 valence electrons. The van der Waals surface area contributed by atoms with Gasteiger partial charge in [0.2, 0.25) is 0 Å². The van der Waals surface area contributed by atoms with Crippen molar-refractivity contribution in [2.24, 2.45) is 0 Å². The zero-order valence-corrected chi connectivity index (χ0v) is 11.3. The van der Waals surface area contributed by atoms with Gasteiger partial charge in [-0.1, -0.05) is 17.7 Å². The fraction of sp³-hybridized carbons (Fsp3) is 0.250. The van der Waals surface area contributed by atoms with Crippen LogP contribution >= 0.6 is 11.6 Å². The van der Waals surface area contributed by atoms with Crippen LogP contribution in [0.5, 0.6) is 0 Å². The van der Waals surface area contributed by atoms with Crippen LogP contribution in [0.2, 0.25) is 5.02 Å². The topological polar surface area (TPSA) is 12.0 Å². The smallest absolute Gasteiger partial charge is 0.128 e. The van der Waals surface area contributed by atoms with E-state index < -0.39 is 0 Å². The normalized spacial score (nSPS) is 13.4. The van der Waals surface area contributed by atoms with Gasteiger partial charge in [0.1, 0.15) is 5.82 Å². The molecule has 0 aromatic heterocycles. The highest BCUT2D eigenvalue weighted by Gasteiger charge is 2.10. The van der Waals surface area contributed by atoms with Crippen LogP contribution in [0.1, 0.15) is 23.1 Å². The Kier molecular flexibility index (Phi) is 3.43. The van der Waals surface area contributed by atoms with Crippen LogP contribution in [0.4, 0.5) is 10.1 Å². The lowest BCUT2D eigenvalue weighted by Gasteiger charge is -2.09. The first kappa shape index (κ1) is 12.5. The number of rotatable bonds is 3. The van der Waals surface area contributed by atoms with Crippen molar-refractivity contribution in [3.63, 3.8) is 0 Å². The van der Waals surface area contributed by atoms with E-state index in [2.05, 4.69) is 23.5 Å². The van der Waals surface area contributed by atoms with Crippen molar-refractivity contribution < 1.29 is 4.39 Å². The lowest BCUT2D eigenvalue weighted by atomic mass is 10.1. The Balaban J connectivity index is 1.74. The molecule has 1 aliphatic carbocycles. The quantitative estimate of drug-likeness (QED) is 0.864. The summed E-state index contributed by atoms with van der Waals surface area (Å²) in [5, 5.41) is 3.82. The molecule has 1 N–H and O–H groups in total. The van der Waals surface area contributed by atoms with Crippen molar-refractivity contribution in [1.82, 2.24) is 0 Å². The number of benzene rings is 2. The van der Waals surface area contributed by atoms with Crippen LogP contribution in [0, 0.1) is 5.82 Å². The van der Waals surface area contributed by atoms with Gasteiger partial charge in [-0.2, -0.15) is 0 Å². The molecule has 2 aromatic rings. The minimum atomic E-state index is -0.224. The van der Waals surface area contributed by atoms with Crippen LogP contribution in [0.3, 0.4) is 0 Å². The van der Waals surface area contributed by atoms with Crippen molar-refractivity contribution in [3.8, 4) is 0 Å². The fourth-order valence-corrected chi connectivity index (χ4v) is 2.75. The number of hydrogen-bond acceptors (Lipinski definition) is 1. The molecule has 3 heteroatoms. The second kappa shape index (κ2) is 5.22. The van der Waals surface area contributed by atoms with Crippen molar-refractivity contribution in [1.29, 1.82) is 0 Å². The van der Waals surface area contributed by atoms with E-state index in [1.54, 1.807) is 12.1 Å². The van der Waals surface area contributed by atoms with E-state index in [1.165, 1.54) is 30.0 Å². The summed E-state index contributed by atoms with van der Waals surface area (Å²) < 4.78 is 13.6. The highest BCUT2D eigenvalue weighted by atomic mass is 35.5. The number of halogens is 2. The third kappa shape index (κ3) is 2.74. The zero-order chi connectivity index (χ0) is 13.2. The molecule has 1 aliphatic rings. The van der Waals surface area contributed by atoms with E-state index in [4.69, 9.17) is 11.6 Å². The van der Waals surface area contributed by atoms with Gasteiger partial charge in [-0.3, -0.25) is 0 Å². The molecule has 0 aliphatic heterocycles. The van der Waals surface area contributed by atoms with Gasteiger partial charge in [-0.25, -0.2) is 4.39 Å². The number of anilines is 1. The Morgan fingerprint density at radius 2 is 1.89 bits per heavy atom. The van der Waals surface area contributed by atoms with Gasteiger partial charge < -0.3 is 5.32 Å². The maximum Gasteiger partial charge on any atom is 0.128 e. The molecule has 0 heterocycles. The highest BCUT2D eigenvalue weighted by molar-refractivity contribution is 6.30. The van der Waals surface area contributed by atoms with E-state index in [9.17, 15) is 4.39 Å². The molecule has 0 unspecified atom stereocenters. The van der Waals surface area contributed by atoms with E-state index in [-0.39, 0.29) is 5.82 Å². The standard InChI is InChI=1S/C16H15ClFN/c17-14-5-7-16(18)13(8-14)10-19-15-6-4-11-2-1-3-12(11)9-15/h4-9,19H,1-3,10H2. The molecule has 19 heavy (non-hydrogen) atoms. The summed E-state index contributed by atoms with van der Waals surface area (Å²) in [7, 11) is 0. The molecule has 0 saturated carbocycles. The number of nitrogens with one attached hydrogen (secondary N) is 1. The Morgan fingerprint density at radius 3 is 2.79 bits per heavy atom. The Bertz CT molecular complexity index is 610. The summed E-state index contributed by atoms with van der Waals surface area (Å²) in [6, 6.07) is 11.0. The molecule has 2 aromatic carbocycles. The average molecular weight is 276 g/mol. The van der Waals surface area contributed by atoms with Gasteiger partial charge in [0.15, 0.2) is 0 Å². The fourth-order valence-electron chi connectivity index (χ4n) is 2.56. The predicted molar refractivity (Wildman–Crippen MR) is 77.2 cm³/mol. The van der Waals surface area contributed by atoms with Gasteiger partial charge in [-0.05, 0) is 60.7 Å². The van der Waals surface area contributed by atoms with Gasteiger partial charge in [-0.15, -0.1) is 0 Å². The molecule has 0 fully saturated rings. The molecular weight excluding hydrogens is 261 g/mol. The van der Waals surface area contributed by atoms with Crippen LogP contribution in [0.25, 0.3) is 0 Å². The average Bonchev–Trinajstić information content (AvgIpc) is 2.87. The van der Waals surface area contributed by atoms with E-state index in [0.29, 0.717) is 17.1 Å². The summed E-state index contributed by atoms with van der Waals surface area (Å²) >= 11 is 5.88. The lowest BCUT2D eigenvalue weighted by molar-refractivity contribution is 0.613. The first-order chi connectivity index (χ1) is 9.22. The zero-order valence-electron chi connectivity index (χ0n) is 10.5. The molecular formula is C16H15ClFN. The first-order valence-electron chi connectivity index (χ1n) is 6.52. The van der Waals surface area contributed by atoms with Gasteiger partial charge in [0.05, 0.1) is 0 Å². The molecule has 0 spiro atoms. The number of fused-ring (bicyclic) bond motifs is 1. The van der Waals surface area contributed by atoms with Gasteiger partial charge >= 0.3 is 0 Å². The van der Waals surface area contributed by atoms with Crippen molar-refractivity contribution in [2.45, 2.75) is 25.8 Å². The van der Waals surface area contributed by atoms with Crippen LogP contribution in [0.15, 0.2) is 36.4 Å². The van der Waals surface area contributed by atoms with E-state index >= 15 is 0 Å². The van der Waals surface area contributed by atoms with Crippen LogP contribution in [-0.4, -0.2) is 0 Å². The predicted octanol–water partition coefficient (Wildman–Crippen LogP) is 4.58. The monoisotopic (exact) mass is 275 g/mol. The second-order valence-corrected chi connectivity index (χ2v) is 5.36. The van der Waals surface area contributed by atoms with Crippen molar-refractivity contribution in [3.05, 3.63) is 63.9 Å². The summed E-state index contributed by atoms with van der Waals surface area (Å²) in [6.07, 6.45) is 3.57. The molecule has 1 nitrogen and oxygen atoms in total. The largest absolute Gasteiger partial charge is 0.381 e. The molecule has 0 radical (unpaired) electrons. The second-order valence-electron chi connectivity index (χ2n) is 4.93. The minimum Gasteiger partial charge on any atom is -0.381 e. The van der Waals surface area contributed by atoms with Crippen LogP contribution < -0.4 is 5.32 Å². The molecule has 0 atom stereocenters. The van der Waals surface area contributed by atoms with E-state index in [0.717, 1.165) is 12.1 Å². The number of hydrogen-bond donors (Lipinski definition) is 1. The Morgan fingerprint density at radius 1 is 1.05 bits per heavy atom. The maximum atomic E-state index is 13.6. The summed E-state index contributed by atoms with van der Waals surface area (Å²) in [4.78, 5) is 0. The van der Waals surface area contributed by atoms with Gasteiger partial charge in [0, 0.05) is 22.8 Å². The SMILES string of the molecule is Fc1ccc(Cl)cc1CNc1ccc2c(c1)CCC2. The third-order valence-electron chi connectivity index (χ3n) is 3.59. The summed E-state index contributed by atoms with van der Waals surface area (Å²) in [5.74, 6) is -0.224. The summed E-state index contributed by atoms with van der Waals surface area (Å²) in [6.45, 7) is 0.450.